The van der Waals surface area contributed by atoms with Crippen molar-refractivity contribution in [1.29, 1.82) is 0 Å². The van der Waals surface area contributed by atoms with Crippen LogP contribution in [-0.4, -0.2) is 38.4 Å². The van der Waals surface area contributed by atoms with Crippen LogP contribution < -0.4 is 15.4 Å². The maximum atomic E-state index is 12.3. The second kappa shape index (κ2) is 8.19. The van der Waals surface area contributed by atoms with Gasteiger partial charge in [0.25, 0.3) is 0 Å². The molecular weight excluding hydrogens is 341 g/mol. The number of carbonyl (C=O) groups excluding carboxylic acids is 2. The number of hydrogen-bond donors (Lipinski definition) is 2. The Hall–Kier alpha value is -2.29. The molecular formula is C16H19F3N2O4. The third-order valence-electron chi connectivity index (χ3n) is 3.86. The normalized spacial score (nSPS) is 18.5. The second-order valence-corrected chi connectivity index (χ2v) is 5.65. The molecule has 2 rings (SSSR count). The Bertz CT molecular complexity index is 598. The number of esters is 1. The van der Waals surface area contributed by atoms with Crippen molar-refractivity contribution in [1.82, 2.24) is 10.6 Å². The molecule has 6 nitrogen and oxygen atoms in total. The standard InChI is InChI=1S/C16H19F3N2O4/c1-24-14(22)8-13(21-15(23)11-6-7-20-9-11)10-2-4-12(5-3-10)25-16(17,18)19/h2-5,11,13,20H,6-9H2,1H3,(H,21,23). The first kappa shape index (κ1) is 19.0. The predicted octanol–water partition coefficient (Wildman–Crippen LogP) is 1.92. The first-order valence-electron chi connectivity index (χ1n) is 7.72. The number of carbonyl (C=O) groups is 2. The monoisotopic (exact) mass is 360 g/mol. The number of nitrogens with one attached hydrogen (secondary N) is 2. The van der Waals surface area contributed by atoms with Gasteiger partial charge < -0.3 is 20.1 Å². The maximum Gasteiger partial charge on any atom is 0.573 e. The Kier molecular flexibility index (Phi) is 6.24. The van der Waals surface area contributed by atoms with Crippen LogP contribution in [-0.2, 0) is 14.3 Å². The fourth-order valence-electron chi connectivity index (χ4n) is 2.57. The molecule has 0 aromatic heterocycles. The zero-order valence-corrected chi connectivity index (χ0v) is 13.6. The quantitative estimate of drug-likeness (QED) is 0.758. The number of amides is 1. The number of methoxy groups -OCH3 is 1. The maximum absolute atomic E-state index is 12.3. The Morgan fingerprint density at radius 2 is 2.00 bits per heavy atom. The molecule has 1 saturated heterocycles. The molecule has 138 valence electrons. The summed E-state index contributed by atoms with van der Waals surface area (Å²) in [6.45, 7) is 1.29. The van der Waals surface area contributed by atoms with Gasteiger partial charge in [-0.05, 0) is 30.7 Å². The van der Waals surface area contributed by atoms with Crippen LogP contribution >= 0.6 is 0 Å². The molecule has 25 heavy (non-hydrogen) atoms. The van der Waals surface area contributed by atoms with Gasteiger partial charge in [-0.1, -0.05) is 12.1 Å². The minimum Gasteiger partial charge on any atom is -0.469 e. The van der Waals surface area contributed by atoms with Crippen molar-refractivity contribution in [2.24, 2.45) is 5.92 Å². The first-order chi connectivity index (χ1) is 11.8. The highest BCUT2D eigenvalue weighted by Gasteiger charge is 2.31. The molecule has 2 unspecified atom stereocenters. The van der Waals surface area contributed by atoms with Crippen LogP contribution in [0.1, 0.15) is 24.4 Å². The van der Waals surface area contributed by atoms with Crippen molar-refractivity contribution in [3.05, 3.63) is 29.8 Å². The van der Waals surface area contributed by atoms with Crippen LogP contribution in [0.3, 0.4) is 0 Å². The van der Waals surface area contributed by atoms with Gasteiger partial charge in [0.15, 0.2) is 0 Å². The molecule has 0 bridgehead atoms. The molecule has 0 radical (unpaired) electrons. The average molecular weight is 360 g/mol. The number of halogens is 3. The van der Waals surface area contributed by atoms with Crippen molar-refractivity contribution in [3.8, 4) is 5.75 Å². The van der Waals surface area contributed by atoms with E-state index in [2.05, 4.69) is 20.1 Å². The summed E-state index contributed by atoms with van der Waals surface area (Å²) in [5.41, 5.74) is 0.485. The van der Waals surface area contributed by atoms with Crippen molar-refractivity contribution < 1.29 is 32.2 Å². The van der Waals surface area contributed by atoms with E-state index in [0.717, 1.165) is 18.7 Å². The topological polar surface area (TPSA) is 76.7 Å². The van der Waals surface area contributed by atoms with Gasteiger partial charge in [-0.15, -0.1) is 13.2 Å². The lowest BCUT2D eigenvalue weighted by Crippen LogP contribution is -2.36. The second-order valence-electron chi connectivity index (χ2n) is 5.65. The van der Waals surface area contributed by atoms with Gasteiger partial charge in [-0.25, -0.2) is 0 Å². The average Bonchev–Trinajstić information content (AvgIpc) is 3.08. The van der Waals surface area contributed by atoms with E-state index in [0.29, 0.717) is 18.5 Å². The number of alkyl halides is 3. The summed E-state index contributed by atoms with van der Waals surface area (Å²) in [7, 11) is 1.22. The van der Waals surface area contributed by atoms with Crippen molar-refractivity contribution in [2.75, 3.05) is 20.2 Å². The highest BCUT2D eigenvalue weighted by molar-refractivity contribution is 5.80. The fraction of sp³-hybridized carbons (Fsp3) is 0.500. The molecule has 2 N–H and O–H groups in total. The van der Waals surface area contributed by atoms with Crippen LogP contribution in [0.4, 0.5) is 13.2 Å². The lowest BCUT2D eigenvalue weighted by molar-refractivity contribution is -0.274. The molecule has 0 aliphatic carbocycles. The molecule has 1 fully saturated rings. The van der Waals surface area contributed by atoms with E-state index in [1.165, 1.54) is 19.2 Å². The minimum atomic E-state index is -4.78. The summed E-state index contributed by atoms with van der Waals surface area (Å²) in [5, 5.41) is 5.84. The molecule has 1 aliphatic rings. The molecule has 1 amide bonds. The molecule has 1 aliphatic heterocycles. The van der Waals surface area contributed by atoms with Gasteiger partial charge in [0.2, 0.25) is 5.91 Å². The van der Waals surface area contributed by atoms with Gasteiger partial charge in [-0.2, -0.15) is 0 Å². The number of benzene rings is 1. The molecule has 0 saturated carbocycles. The molecule has 1 heterocycles. The molecule has 9 heteroatoms. The van der Waals surface area contributed by atoms with Crippen LogP contribution in [0.25, 0.3) is 0 Å². The van der Waals surface area contributed by atoms with E-state index in [1.807, 2.05) is 0 Å². The van der Waals surface area contributed by atoms with Crippen LogP contribution in [0.5, 0.6) is 5.75 Å². The van der Waals surface area contributed by atoms with Crippen molar-refractivity contribution in [3.63, 3.8) is 0 Å². The molecule has 2 atom stereocenters. The highest BCUT2D eigenvalue weighted by atomic mass is 19.4. The van der Waals surface area contributed by atoms with E-state index >= 15 is 0 Å². The van der Waals surface area contributed by atoms with Crippen molar-refractivity contribution >= 4 is 11.9 Å². The lowest BCUT2D eigenvalue weighted by Gasteiger charge is -2.20. The third kappa shape index (κ3) is 5.93. The smallest absolute Gasteiger partial charge is 0.469 e. The largest absolute Gasteiger partial charge is 0.573 e. The molecule has 1 aromatic carbocycles. The number of ether oxygens (including phenoxy) is 2. The Labute approximate surface area is 142 Å². The summed E-state index contributed by atoms with van der Waals surface area (Å²) in [6, 6.07) is 4.33. The number of hydrogen-bond acceptors (Lipinski definition) is 5. The highest BCUT2D eigenvalue weighted by Crippen LogP contribution is 2.26. The molecule has 1 aromatic rings. The lowest BCUT2D eigenvalue weighted by atomic mass is 10.0. The SMILES string of the molecule is COC(=O)CC(NC(=O)C1CCNC1)c1ccc(OC(F)(F)F)cc1. The zero-order chi connectivity index (χ0) is 18.4. The van der Waals surface area contributed by atoms with Gasteiger partial charge in [0, 0.05) is 6.54 Å². The van der Waals surface area contributed by atoms with Crippen LogP contribution in [0.2, 0.25) is 0 Å². The van der Waals surface area contributed by atoms with E-state index in [9.17, 15) is 22.8 Å². The Balaban J connectivity index is 2.10. The van der Waals surface area contributed by atoms with Gasteiger partial charge >= 0.3 is 12.3 Å². The van der Waals surface area contributed by atoms with E-state index in [4.69, 9.17) is 0 Å². The van der Waals surface area contributed by atoms with Crippen molar-refractivity contribution in [2.45, 2.75) is 25.2 Å². The summed E-state index contributed by atoms with van der Waals surface area (Å²) >= 11 is 0. The molecule has 0 spiro atoms. The predicted molar refractivity (Wildman–Crippen MR) is 81.6 cm³/mol. The Morgan fingerprint density at radius 3 is 2.52 bits per heavy atom. The zero-order valence-electron chi connectivity index (χ0n) is 13.6. The third-order valence-corrected chi connectivity index (χ3v) is 3.86. The Morgan fingerprint density at radius 1 is 1.32 bits per heavy atom. The van der Waals surface area contributed by atoms with E-state index in [-0.39, 0.29) is 24.0 Å². The summed E-state index contributed by atoms with van der Waals surface area (Å²) in [5.74, 6) is -1.33. The summed E-state index contributed by atoms with van der Waals surface area (Å²) in [6.07, 6.45) is -4.21. The van der Waals surface area contributed by atoms with Gasteiger partial charge in [0.05, 0.1) is 25.5 Å². The van der Waals surface area contributed by atoms with Crippen LogP contribution in [0, 0.1) is 5.92 Å². The van der Waals surface area contributed by atoms with Gasteiger partial charge in [0.1, 0.15) is 5.75 Å². The van der Waals surface area contributed by atoms with E-state index in [1.54, 1.807) is 0 Å². The first-order valence-corrected chi connectivity index (χ1v) is 7.72. The van der Waals surface area contributed by atoms with Crippen LogP contribution in [0.15, 0.2) is 24.3 Å². The summed E-state index contributed by atoms with van der Waals surface area (Å²) < 4.78 is 45.1. The van der Waals surface area contributed by atoms with Gasteiger partial charge in [-0.3, -0.25) is 9.59 Å². The number of rotatable bonds is 6. The fourth-order valence-corrected chi connectivity index (χ4v) is 2.57. The summed E-state index contributed by atoms with van der Waals surface area (Å²) in [4.78, 5) is 23.9. The minimum absolute atomic E-state index is 0.123. The van der Waals surface area contributed by atoms with E-state index < -0.39 is 18.4 Å².